The van der Waals surface area contributed by atoms with Crippen LogP contribution in [0.25, 0.3) is 17.0 Å². The first-order valence-electron chi connectivity index (χ1n) is 4.98. The van der Waals surface area contributed by atoms with Crippen molar-refractivity contribution in [1.29, 1.82) is 0 Å². The highest BCUT2D eigenvalue weighted by atomic mass is 16.4. The third-order valence-electron chi connectivity index (χ3n) is 2.40. The number of aromatic amines is 1. The summed E-state index contributed by atoms with van der Waals surface area (Å²) in [7, 11) is 0. The minimum Gasteiger partial charge on any atom is -0.476 e. The van der Waals surface area contributed by atoms with Crippen LogP contribution < -0.4 is 0 Å². The number of imidazole rings is 1. The molecule has 3 aromatic rings. The molecular weight excluding hydrogens is 220 g/mol. The second kappa shape index (κ2) is 3.44. The van der Waals surface area contributed by atoms with Gasteiger partial charge < -0.3 is 10.1 Å². The Morgan fingerprint density at radius 3 is 2.82 bits per heavy atom. The van der Waals surface area contributed by atoms with E-state index in [4.69, 9.17) is 5.11 Å². The van der Waals surface area contributed by atoms with Crippen molar-refractivity contribution >= 4 is 17.0 Å². The van der Waals surface area contributed by atoms with Crippen LogP contribution in [0.5, 0.6) is 0 Å². The molecule has 0 saturated carbocycles. The second-order valence-corrected chi connectivity index (χ2v) is 3.53. The summed E-state index contributed by atoms with van der Waals surface area (Å²) in [5.41, 5.74) is 1.69. The fourth-order valence-corrected chi connectivity index (χ4v) is 1.60. The van der Waals surface area contributed by atoms with Crippen molar-refractivity contribution in [3.8, 4) is 5.95 Å². The Kier molecular flexibility index (Phi) is 1.94. The number of hydrogen-bond donors (Lipinski definition) is 2. The summed E-state index contributed by atoms with van der Waals surface area (Å²) in [6.45, 7) is 0. The number of hydrogen-bond acceptors (Lipinski definition) is 3. The number of rotatable bonds is 2. The van der Waals surface area contributed by atoms with Gasteiger partial charge in [0.15, 0.2) is 5.69 Å². The molecule has 0 saturated heterocycles. The number of benzene rings is 1. The van der Waals surface area contributed by atoms with E-state index < -0.39 is 5.97 Å². The number of fused-ring (bicyclic) bond motifs is 1. The van der Waals surface area contributed by atoms with Crippen molar-refractivity contribution in [2.75, 3.05) is 0 Å². The van der Waals surface area contributed by atoms with Crippen molar-refractivity contribution in [3.63, 3.8) is 0 Å². The van der Waals surface area contributed by atoms with Crippen LogP contribution in [0.2, 0.25) is 0 Å². The number of nitrogens with zero attached hydrogens (tertiary/aromatic N) is 3. The van der Waals surface area contributed by atoms with Crippen LogP contribution in [-0.2, 0) is 0 Å². The van der Waals surface area contributed by atoms with Crippen molar-refractivity contribution in [2.45, 2.75) is 0 Å². The Morgan fingerprint density at radius 2 is 2.12 bits per heavy atom. The van der Waals surface area contributed by atoms with Crippen molar-refractivity contribution < 1.29 is 9.90 Å². The number of para-hydroxylation sites is 2. The maximum atomic E-state index is 10.7. The van der Waals surface area contributed by atoms with Crippen LogP contribution in [0.3, 0.4) is 0 Å². The maximum absolute atomic E-state index is 10.7. The summed E-state index contributed by atoms with van der Waals surface area (Å²) in [5, 5.41) is 12.7. The SMILES string of the molecule is O=C(O)c1ccn(-c2nc3ccccc3[nH]2)n1. The molecule has 0 bridgehead atoms. The number of aromatic carboxylic acids is 1. The molecule has 3 rings (SSSR count). The second-order valence-electron chi connectivity index (χ2n) is 3.53. The topological polar surface area (TPSA) is 83.8 Å². The predicted molar refractivity (Wildman–Crippen MR) is 60.2 cm³/mol. The lowest BCUT2D eigenvalue weighted by Gasteiger charge is -1.92. The minimum absolute atomic E-state index is 0.00884. The molecule has 6 heteroatoms. The summed E-state index contributed by atoms with van der Waals surface area (Å²) >= 11 is 0. The molecule has 6 nitrogen and oxygen atoms in total. The van der Waals surface area contributed by atoms with Gasteiger partial charge in [0.2, 0.25) is 5.95 Å². The molecule has 0 aliphatic carbocycles. The lowest BCUT2D eigenvalue weighted by molar-refractivity contribution is 0.0690. The molecule has 0 spiro atoms. The molecule has 17 heavy (non-hydrogen) atoms. The van der Waals surface area contributed by atoms with Gasteiger partial charge in [0.05, 0.1) is 11.0 Å². The number of aromatic nitrogens is 4. The van der Waals surface area contributed by atoms with E-state index in [0.29, 0.717) is 5.95 Å². The van der Waals surface area contributed by atoms with Crippen molar-refractivity contribution in [1.82, 2.24) is 19.7 Å². The lowest BCUT2D eigenvalue weighted by Crippen LogP contribution is -2.02. The summed E-state index contributed by atoms with van der Waals surface area (Å²) in [6.07, 6.45) is 1.56. The molecule has 0 unspecified atom stereocenters. The summed E-state index contributed by atoms with van der Waals surface area (Å²) in [5.74, 6) is -0.557. The molecule has 0 aliphatic heterocycles. The third-order valence-corrected chi connectivity index (χ3v) is 2.40. The average molecular weight is 228 g/mol. The smallest absolute Gasteiger partial charge is 0.356 e. The monoisotopic (exact) mass is 228 g/mol. The molecule has 2 N–H and O–H groups in total. The van der Waals surface area contributed by atoms with Gasteiger partial charge >= 0.3 is 5.97 Å². The fraction of sp³-hybridized carbons (Fsp3) is 0. The number of carboxylic acids is 1. The molecule has 1 aromatic carbocycles. The predicted octanol–water partition coefficient (Wildman–Crippen LogP) is 1.45. The quantitative estimate of drug-likeness (QED) is 0.695. The van der Waals surface area contributed by atoms with Crippen LogP contribution in [0.1, 0.15) is 10.5 Å². The largest absolute Gasteiger partial charge is 0.476 e. The molecule has 84 valence electrons. The Balaban J connectivity index is 2.10. The number of carboxylic acid groups (broad SMARTS) is 1. The Hall–Kier alpha value is -2.63. The van der Waals surface area contributed by atoms with Crippen molar-refractivity contribution in [3.05, 3.63) is 42.2 Å². The molecule has 2 aromatic heterocycles. The van der Waals surface area contributed by atoms with Gasteiger partial charge in [-0.05, 0) is 18.2 Å². The zero-order chi connectivity index (χ0) is 11.8. The molecule has 0 atom stereocenters. The highest BCUT2D eigenvalue weighted by Crippen LogP contribution is 2.12. The molecule has 0 radical (unpaired) electrons. The van der Waals surface area contributed by atoms with E-state index in [-0.39, 0.29) is 5.69 Å². The fourth-order valence-electron chi connectivity index (χ4n) is 1.60. The van der Waals surface area contributed by atoms with Crippen LogP contribution >= 0.6 is 0 Å². The third kappa shape index (κ3) is 1.55. The minimum atomic E-state index is -1.06. The Morgan fingerprint density at radius 1 is 1.29 bits per heavy atom. The average Bonchev–Trinajstić information content (AvgIpc) is 2.95. The molecule has 0 amide bonds. The zero-order valence-electron chi connectivity index (χ0n) is 8.66. The van der Waals surface area contributed by atoms with Crippen LogP contribution in [-0.4, -0.2) is 30.8 Å². The lowest BCUT2D eigenvalue weighted by atomic mass is 10.3. The van der Waals surface area contributed by atoms with Gasteiger partial charge in [-0.2, -0.15) is 5.10 Å². The normalized spacial score (nSPS) is 10.8. The number of carbonyl (C=O) groups is 1. The van der Waals surface area contributed by atoms with Gasteiger partial charge in [-0.1, -0.05) is 12.1 Å². The molecule has 0 fully saturated rings. The first-order valence-corrected chi connectivity index (χ1v) is 4.98. The first-order chi connectivity index (χ1) is 8.24. The first kappa shape index (κ1) is 9.59. The van der Waals surface area contributed by atoms with E-state index >= 15 is 0 Å². The van der Waals surface area contributed by atoms with Crippen LogP contribution in [0, 0.1) is 0 Å². The number of H-pyrrole nitrogens is 1. The van der Waals surface area contributed by atoms with Crippen molar-refractivity contribution in [2.24, 2.45) is 0 Å². The van der Waals surface area contributed by atoms with Gasteiger partial charge in [-0.3, -0.25) is 0 Å². The van der Waals surface area contributed by atoms with Gasteiger partial charge in [0, 0.05) is 6.20 Å². The maximum Gasteiger partial charge on any atom is 0.356 e. The van der Waals surface area contributed by atoms with Gasteiger partial charge in [-0.15, -0.1) is 0 Å². The van der Waals surface area contributed by atoms with E-state index in [1.54, 1.807) is 6.20 Å². The van der Waals surface area contributed by atoms with E-state index in [1.165, 1.54) is 10.7 Å². The van der Waals surface area contributed by atoms with Gasteiger partial charge in [-0.25, -0.2) is 14.5 Å². The summed E-state index contributed by atoms with van der Waals surface area (Å²) in [4.78, 5) is 18.1. The van der Waals surface area contributed by atoms with Crippen LogP contribution in [0.15, 0.2) is 36.5 Å². The Labute approximate surface area is 95.5 Å². The van der Waals surface area contributed by atoms with Gasteiger partial charge in [0.25, 0.3) is 0 Å². The zero-order valence-corrected chi connectivity index (χ0v) is 8.66. The molecule has 2 heterocycles. The van der Waals surface area contributed by atoms with Gasteiger partial charge in [0.1, 0.15) is 0 Å². The summed E-state index contributed by atoms with van der Waals surface area (Å²) < 4.78 is 1.41. The standard InChI is InChI=1S/C11H8N4O2/c16-10(17)9-5-6-15(14-9)11-12-7-3-1-2-4-8(7)13-11/h1-6H,(H,12,13)(H,16,17). The highest BCUT2D eigenvalue weighted by Gasteiger charge is 2.10. The van der Waals surface area contributed by atoms with E-state index in [9.17, 15) is 4.79 Å². The Bertz CT molecular complexity index is 665. The highest BCUT2D eigenvalue weighted by molar-refractivity contribution is 5.85. The molecular formula is C11H8N4O2. The number of nitrogens with one attached hydrogen (secondary N) is 1. The van der Waals surface area contributed by atoms with E-state index in [0.717, 1.165) is 11.0 Å². The van der Waals surface area contributed by atoms with E-state index in [1.807, 2.05) is 24.3 Å². The van der Waals surface area contributed by atoms with E-state index in [2.05, 4.69) is 15.1 Å². The molecule has 0 aliphatic rings. The summed E-state index contributed by atoms with van der Waals surface area (Å²) in [6, 6.07) is 8.98. The van der Waals surface area contributed by atoms with Crippen LogP contribution in [0.4, 0.5) is 0 Å².